The summed E-state index contributed by atoms with van der Waals surface area (Å²) in [5.41, 5.74) is -0.0853. The maximum Gasteiger partial charge on any atom is 0.249 e. The molecule has 0 N–H and O–H groups in total. The molecule has 0 spiro atoms. The van der Waals surface area contributed by atoms with Gasteiger partial charge < -0.3 is 0 Å². The molecule has 1 atom stereocenters. The van der Waals surface area contributed by atoms with Crippen molar-refractivity contribution in [2.45, 2.75) is 71.9 Å². The molecule has 1 rings (SSSR count). The van der Waals surface area contributed by atoms with Crippen molar-refractivity contribution in [2.24, 2.45) is 5.41 Å². The van der Waals surface area contributed by atoms with Gasteiger partial charge in [-0.05, 0) is 32.2 Å². The van der Waals surface area contributed by atoms with Gasteiger partial charge >= 0.3 is 0 Å². The Morgan fingerprint density at radius 2 is 1.81 bits per heavy atom. The molecule has 1 unspecified atom stereocenters. The number of halogens is 2. The molecule has 0 radical (unpaired) electrons. The van der Waals surface area contributed by atoms with Crippen molar-refractivity contribution in [1.82, 2.24) is 4.90 Å². The van der Waals surface area contributed by atoms with Crippen LogP contribution in [0.25, 0.3) is 0 Å². The van der Waals surface area contributed by atoms with Crippen molar-refractivity contribution in [3.8, 4) is 0 Å². The van der Waals surface area contributed by atoms with E-state index in [1.807, 2.05) is 0 Å². The van der Waals surface area contributed by atoms with Crippen LogP contribution in [0.5, 0.6) is 0 Å². The maximum absolute atomic E-state index is 13.7. The van der Waals surface area contributed by atoms with Crippen LogP contribution in [0.3, 0.4) is 0 Å². The lowest BCUT2D eigenvalue weighted by molar-refractivity contribution is -0.0450. The summed E-state index contributed by atoms with van der Waals surface area (Å²) < 4.78 is 27.3. The molecule has 0 aromatic rings. The Morgan fingerprint density at radius 1 is 1.25 bits per heavy atom. The monoisotopic (exact) mass is 233 g/mol. The second kappa shape index (κ2) is 4.59. The predicted molar refractivity (Wildman–Crippen MR) is 63.9 cm³/mol. The lowest BCUT2D eigenvalue weighted by atomic mass is 9.82. The fraction of sp³-hybridized carbons (Fsp3) is 1.00. The van der Waals surface area contributed by atoms with Gasteiger partial charge in [0.2, 0.25) is 5.92 Å². The van der Waals surface area contributed by atoms with Crippen molar-refractivity contribution in [1.29, 1.82) is 0 Å². The van der Waals surface area contributed by atoms with E-state index in [2.05, 4.69) is 39.5 Å². The minimum atomic E-state index is -2.48. The van der Waals surface area contributed by atoms with Gasteiger partial charge in [0.15, 0.2) is 0 Å². The lowest BCUT2D eigenvalue weighted by Gasteiger charge is -2.42. The molecule has 0 aromatic carbocycles. The second-order valence-electron chi connectivity index (χ2n) is 6.38. The van der Waals surface area contributed by atoms with E-state index in [-0.39, 0.29) is 24.3 Å². The Balaban J connectivity index is 2.92. The Bertz CT molecular complexity index is 231. The molecule has 1 aliphatic heterocycles. The minimum absolute atomic E-state index is 0.00861. The van der Waals surface area contributed by atoms with Crippen molar-refractivity contribution in [2.75, 3.05) is 6.54 Å². The van der Waals surface area contributed by atoms with Crippen molar-refractivity contribution in [3.05, 3.63) is 0 Å². The molecule has 0 saturated carbocycles. The molecule has 1 nitrogen and oxygen atoms in total. The zero-order chi connectivity index (χ0) is 12.6. The number of hydrogen-bond acceptors (Lipinski definition) is 1. The Morgan fingerprint density at radius 3 is 2.25 bits per heavy atom. The van der Waals surface area contributed by atoms with Crippen LogP contribution in [0.15, 0.2) is 0 Å². The van der Waals surface area contributed by atoms with Gasteiger partial charge in [0.25, 0.3) is 0 Å². The van der Waals surface area contributed by atoms with Crippen LogP contribution in [0, 0.1) is 5.41 Å². The van der Waals surface area contributed by atoms with E-state index in [1.54, 1.807) is 0 Å². The summed E-state index contributed by atoms with van der Waals surface area (Å²) in [6, 6.07) is 0.322. The zero-order valence-corrected chi connectivity index (χ0v) is 11.2. The summed E-state index contributed by atoms with van der Waals surface area (Å²) in [6.07, 6.45) is 0.662. The molecule has 1 heterocycles. The van der Waals surface area contributed by atoms with E-state index in [0.717, 1.165) is 6.54 Å². The molecule has 0 aromatic heterocycles. The third kappa shape index (κ3) is 3.41. The average Bonchev–Trinajstić information content (AvgIpc) is 2.22. The molecule has 1 saturated heterocycles. The van der Waals surface area contributed by atoms with Crippen molar-refractivity contribution in [3.63, 3.8) is 0 Å². The molecule has 16 heavy (non-hydrogen) atoms. The molecule has 3 heteroatoms. The first-order valence-corrected chi connectivity index (χ1v) is 6.27. The first-order chi connectivity index (χ1) is 7.13. The average molecular weight is 233 g/mol. The van der Waals surface area contributed by atoms with Crippen LogP contribution in [0.2, 0.25) is 0 Å². The van der Waals surface area contributed by atoms with Gasteiger partial charge in [-0.15, -0.1) is 0 Å². The van der Waals surface area contributed by atoms with Crippen LogP contribution in [-0.2, 0) is 0 Å². The van der Waals surface area contributed by atoms with Gasteiger partial charge in [0.05, 0.1) is 0 Å². The standard InChI is InChI=1S/C13H25F2N/c1-10(2)16-8-6-7-13(14,15)9-11(16)12(3,4)5/h10-11H,6-9H2,1-5H3. The lowest BCUT2D eigenvalue weighted by Crippen LogP contribution is -2.48. The Kier molecular flexibility index (Phi) is 3.99. The van der Waals surface area contributed by atoms with Gasteiger partial charge in [-0.2, -0.15) is 0 Å². The van der Waals surface area contributed by atoms with Gasteiger partial charge in [0.1, 0.15) is 0 Å². The fourth-order valence-corrected chi connectivity index (χ4v) is 2.60. The Hall–Kier alpha value is -0.180. The fourth-order valence-electron chi connectivity index (χ4n) is 2.60. The van der Waals surface area contributed by atoms with Crippen molar-refractivity contribution >= 4 is 0 Å². The van der Waals surface area contributed by atoms with Gasteiger partial charge in [-0.1, -0.05) is 20.8 Å². The number of likely N-dealkylation sites (tertiary alicyclic amines) is 1. The third-order valence-corrected chi connectivity index (χ3v) is 3.51. The molecular formula is C13H25F2N. The summed E-state index contributed by atoms with van der Waals surface area (Å²) in [5, 5.41) is 0. The Labute approximate surface area is 98.2 Å². The molecule has 0 bridgehead atoms. The second-order valence-corrected chi connectivity index (χ2v) is 6.38. The highest BCUT2D eigenvalue weighted by molar-refractivity contribution is 4.91. The van der Waals surface area contributed by atoms with Gasteiger partial charge in [-0.3, -0.25) is 4.90 Å². The van der Waals surface area contributed by atoms with Crippen LogP contribution in [-0.4, -0.2) is 29.5 Å². The quantitative estimate of drug-likeness (QED) is 0.663. The minimum Gasteiger partial charge on any atom is -0.297 e. The molecular weight excluding hydrogens is 208 g/mol. The van der Waals surface area contributed by atoms with E-state index in [1.165, 1.54) is 0 Å². The molecule has 0 aliphatic carbocycles. The summed E-state index contributed by atoms with van der Waals surface area (Å²) in [4.78, 5) is 2.25. The number of nitrogens with zero attached hydrogens (tertiary/aromatic N) is 1. The molecule has 1 fully saturated rings. The topological polar surface area (TPSA) is 3.24 Å². The summed E-state index contributed by atoms with van der Waals surface area (Å²) in [5.74, 6) is -2.48. The van der Waals surface area contributed by atoms with Crippen LogP contribution < -0.4 is 0 Å². The van der Waals surface area contributed by atoms with Crippen molar-refractivity contribution < 1.29 is 8.78 Å². The zero-order valence-electron chi connectivity index (χ0n) is 11.2. The predicted octanol–water partition coefficient (Wildman–Crippen LogP) is 3.93. The molecule has 96 valence electrons. The van der Waals surface area contributed by atoms with Crippen LogP contribution in [0.1, 0.15) is 53.9 Å². The van der Waals surface area contributed by atoms with Crippen LogP contribution >= 0.6 is 0 Å². The van der Waals surface area contributed by atoms with E-state index in [4.69, 9.17) is 0 Å². The number of rotatable bonds is 1. The van der Waals surface area contributed by atoms with Crippen LogP contribution in [0.4, 0.5) is 8.78 Å². The number of alkyl halides is 2. The summed E-state index contributed by atoms with van der Waals surface area (Å²) in [6.45, 7) is 11.2. The maximum atomic E-state index is 13.7. The van der Waals surface area contributed by atoms with Gasteiger partial charge in [-0.25, -0.2) is 8.78 Å². The molecule has 1 aliphatic rings. The highest BCUT2D eigenvalue weighted by Crippen LogP contribution is 2.39. The summed E-state index contributed by atoms with van der Waals surface area (Å²) >= 11 is 0. The summed E-state index contributed by atoms with van der Waals surface area (Å²) in [7, 11) is 0. The van der Waals surface area contributed by atoms with E-state index < -0.39 is 5.92 Å². The van der Waals surface area contributed by atoms with E-state index >= 15 is 0 Å². The SMILES string of the molecule is CC(C)N1CCCC(F)(F)CC1C(C)(C)C. The highest BCUT2D eigenvalue weighted by atomic mass is 19.3. The smallest absolute Gasteiger partial charge is 0.249 e. The third-order valence-electron chi connectivity index (χ3n) is 3.51. The number of hydrogen-bond donors (Lipinski definition) is 0. The first-order valence-electron chi connectivity index (χ1n) is 6.27. The largest absolute Gasteiger partial charge is 0.297 e. The highest BCUT2D eigenvalue weighted by Gasteiger charge is 2.42. The van der Waals surface area contributed by atoms with Gasteiger partial charge in [0, 0.05) is 24.9 Å². The normalized spacial score (nSPS) is 28.1. The van der Waals surface area contributed by atoms with E-state index in [0.29, 0.717) is 12.5 Å². The first kappa shape index (κ1) is 13.9. The van der Waals surface area contributed by atoms with E-state index in [9.17, 15) is 8.78 Å². The molecule has 0 amide bonds.